The van der Waals surface area contributed by atoms with Crippen LogP contribution in [0.15, 0.2) is 24.4 Å². The standard InChI is InChI=1S/C10H6ClF2N3O2/c11-9-5-15(14-10(9)16(17)18)4-6-1-7(12)3-8(13)2-6/h1-3,5H,4H2. The average molecular weight is 274 g/mol. The summed E-state index contributed by atoms with van der Waals surface area (Å²) in [4.78, 5) is 9.79. The van der Waals surface area contributed by atoms with E-state index in [1.807, 2.05) is 0 Å². The molecular weight excluding hydrogens is 268 g/mol. The molecule has 94 valence electrons. The zero-order chi connectivity index (χ0) is 13.3. The Morgan fingerprint density at radius 3 is 2.44 bits per heavy atom. The Kier molecular flexibility index (Phi) is 3.24. The van der Waals surface area contributed by atoms with Crippen molar-refractivity contribution < 1.29 is 13.7 Å². The van der Waals surface area contributed by atoms with Crippen molar-refractivity contribution in [1.82, 2.24) is 9.78 Å². The first-order valence-electron chi connectivity index (χ1n) is 4.78. The number of benzene rings is 1. The lowest BCUT2D eigenvalue weighted by Crippen LogP contribution is -2.02. The van der Waals surface area contributed by atoms with Gasteiger partial charge in [0.25, 0.3) is 0 Å². The van der Waals surface area contributed by atoms with Gasteiger partial charge >= 0.3 is 5.82 Å². The lowest BCUT2D eigenvalue weighted by molar-refractivity contribution is -0.389. The molecule has 8 heteroatoms. The molecule has 0 aliphatic carbocycles. The van der Waals surface area contributed by atoms with E-state index in [1.54, 1.807) is 0 Å². The van der Waals surface area contributed by atoms with E-state index in [1.165, 1.54) is 6.20 Å². The molecule has 2 aromatic rings. The van der Waals surface area contributed by atoms with Crippen LogP contribution in [-0.4, -0.2) is 14.7 Å². The number of nitrogens with zero attached hydrogens (tertiary/aromatic N) is 3. The van der Waals surface area contributed by atoms with Crippen LogP contribution in [0, 0.1) is 21.7 Å². The maximum atomic E-state index is 12.9. The third kappa shape index (κ3) is 2.62. The zero-order valence-corrected chi connectivity index (χ0v) is 9.56. The predicted octanol–water partition coefficient (Wildman–Crippen LogP) is 2.77. The van der Waals surface area contributed by atoms with Crippen molar-refractivity contribution >= 4 is 17.4 Å². The second-order valence-electron chi connectivity index (χ2n) is 3.53. The SMILES string of the molecule is O=[N+]([O-])c1nn(Cc2cc(F)cc(F)c2)cc1Cl. The molecule has 0 fully saturated rings. The molecule has 0 aliphatic heterocycles. The van der Waals surface area contributed by atoms with Crippen LogP contribution in [0.1, 0.15) is 5.56 Å². The minimum absolute atomic E-state index is 0.0117. The van der Waals surface area contributed by atoms with Crippen molar-refractivity contribution in [2.75, 3.05) is 0 Å². The molecular formula is C10H6ClF2N3O2. The second kappa shape index (κ2) is 4.69. The fraction of sp³-hybridized carbons (Fsp3) is 0.100. The number of halogens is 3. The highest BCUT2D eigenvalue weighted by atomic mass is 35.5. The van der Waals surface area contributed by atoms with Gasteiger partial charge in [0, 0.05) is 6.07 Å². The molecule has 0 amide bonds. The molecule has 0 aliphatic rings. The Hall–Kier alpha value is -2.02. The topological polar surface area (TPSA) is 61.0 Å². The Bertz CT molecular complexity index is 595. The van der Waals surface area contributed by atoms with E-state index in [4.69, 9.17) is 11.6 Å². The van der Waals surface area contributed by atoms with E-state index < -0.39 is 22.4 Å². The van der Waals surface area contributed by atoms with Crippen molar-refractivity contribution in [1.29, 1.82) is 0 Å². The molecule has 1 heterocycles. The molecule has 0 radical (unpaired) electrons. The van der Waals surface area contributed by atoms with Crippen LogP contribution in [0.2, 0.25) is 5.02 Å². The molecule has 18 heavy (non-hydrogen) atoms. The number of nitro groups is 1. The van der Waals surface area contributed by atoms with Crippen molar-refractivity contribution in [3.8, 4) is 0 Å². The lowest BCUT2D eigenvalue weighted by Gasteiger charge is -1.99. The average Bonchev–Trinajstić information content (AvgIpc) is 2.57. The van der Waals surface area contributed by atoms with Crippen LogP contribution in [0.25, 0.3) is 0 Å². The van der Waals surface area contributed by atoms with Crippen molar-refractivity contribution in [3.63, 3.8) is 0 Å². The molecule has 1 aromatic heterocycles. The smallest absolute Gasteiger partial charge is 0.358 e. The summed E-state index contributed by atoms with van der Waals surface area (Å²) in [5.74, 6) is -1.94. The fourth-order valence-electron chi connectivity index (χ4n) is 1.48. The van der Waals surface area contributed by atoms with Gasteiger partial charge in [-0.3, -0.25) is 0 Å². The van der Waals surface area contributed by atoms with Gasteiger partial charge in [0.15, 0.2) is 5.02 Å². The van der Waals surface area contributed by atoms with Crippen LogP contribution in [0.5, 0.6) is 0 Å². The zero-order valence-electron chi connectivity index (χ0n) is 8.81. The maximum Gasteiger partial charge on any atom is 0.408 e. The van der Waals surface area contributed by atoms with Crippen LogP contribution in [0.4, 0.5) is 14.6 Å². The van der Waals surface area contributed by atoms with E-state index in [2.05, 4.69) is 5.10 Å². The molecule has 0 unspecified atom stereocenters. The first-order valence-corrected chi connectivity index (χ1v) is 5.16. The number of hydrogen-bond donors (Lipinski definition) is 0. The van der Waals surface area contributed by atoms with Gasteiger partial charge in [-0.25, -0.2) is 8.78 Å². The van der Waals surface area contributed by atoms with Crippen molar-refractivity contribution in [3.05, 3.63) is 56.7 Å². The van der Waals surface area contributed by atoms with Gasteiger partial charge in [-0.1, -0.05) is 11.6 Å². The number of hydrogen-bond acceptors (Lipinski definition) is 3. The molecule has 0 saturated heterocycles. The minimum atomic E-state index is -0.731. The minimum Gasteiger partial charge on any atom is -0.358 e. The summed E-state index contributed by atoms with van der Waals surface area (Å²) in [6, 6.07) is 2.97. The van der Waals surface area contributed by atoms with Crippen molar-refractivity contribution in [2.45, 2.75) is 6.54 Å². The second-order valence-corrected chi connectivity index (χ2v) is 3.94. The Morgan fingerprint density at radius 2 is 1.94 bits per heavy atom. The predicted molar refractivity (Wildman–Crippen MR) is 59.4 cm³/mol. The van der Waals surface area contributed by atoms with Gasteiger partial charge in [-0.2, -0.15) is 4.68 Å². The molecule has 0 spiro atoms. The monoisotopic (exact) mass is 273 g/mol. The van der Waals surface area contributed by atoms with Crippen LogP contribution in [0.3, 0.4) is 0 Å². The summed E-state index contributed by atoms with van der Waals surface area (Å²) in [5, 5.41) is 14.0. The molecule has 0 saturated carbocycles. The summed E-state index contributed by atoms with van der Waals surface area (Å²) in [7, 11) is 0. The van der Waals surface area contributed by atoms with Crippen molar-refractivity contribution in [2.24, 2.45) is 0 Å². The normalized spacial score (nSPS) is 10.6. The van der Waals surface area contributed by atoms with Gasteiger partial charge in [-0.15, -0.1) is 0 Å². The van der Waals surface area contributed by atoms with E-state index in [9.17, 15) is 18.9 Å². The third-order valence-corrected chi connectivity index (χ3v) is 2.41. The molecule has 0 N–H and O–H groups in total. The van der Waals surface area contributed by atoms with Crippen LogP contribution < -0.4 is 0 Å². The fourth-order valence-corrected chi connectivity index (χ4v) is 1.70. The van der Waals surface area contributed by atoms with E-state index in [0.717, 1.165) is 22.9 Å². The van der Waals surface area contributed by atoms with Gasteiger partial charge in [0.2, 0.25) is 0 Å². The number of rotatable bonds is 3. The van der Waals surface area contributed by atoms with E-state index in [0.29, 0.717) is 5.56 Å². The largest absolute Gasteiger partial charge is 0.408 e. The van der Waals surface area contributed by atoms with E-state index >= 15 is 0 Å². The van der Waals surface area contributed by atoms with Gasteiger partial charge in [0.05, 0.1) is 17.8 Å². The van der Waals surface area contributed by atoms with Gasteiger partial charge in [0.1, 0.15) is 11.6 Å². The molecule has 0 bridgehead atoms. The summed E-state index contributed by atoms with van der Waals surface area (Å²) in [6.07, 6.45) is 1.22. The van der Waals surface area contributed by atoms with Gasteiger partial charge < -0.3 is 10.1 Å². The van der Waals surface area contributed by atoms with E-state index in [-0.39, 0.29) is 11.6 Å². The lowest BCUT2D eigenvalue weighted by atomic mass is 10.2. The maximum absolute atomic E-state index is 12.9. The molecule has 2 rings (SSSR count). The highest BCUT2D eigenvalue weighted by Crippen LogP contribution is 2.22. The summed E-state index contributed by atoms with van der Waals surface area (Å²) in [5.41, 5.74) is 0.293. The highest BCUT2D eigenvalue weighted by molar-refractivity contribution is 6.32. The molecule has 0 atom stereocenters. The summed E-state index contributed by atoms with van der Waals surface area (Å²) >= 11 is 5.60. The van der Waals surface area contributed by atoms with Gasteiger partial charge in [-0.05, 0) is 22.6 Å². The Balaban J connectivity index is 2.28. The summed E-state index contributed by atoms with van der Waals surface area (Å²) < 4.78 is 27.0. The van der Waals surface area contributed by atoms with Crippen LogP contribution in [-0.2, 0) is 6.54 Å². The molecule has 5 nitrogen and oxygen atoms in total. The van der Waals surface area contributed by atoms with Crippen LogP contribution >= 0.6 is 11.6 Å². The Morgan fingerprint density at radius 1 is 1.33 bits per heavy atom. The quantitative estimate of drug-likeness (QED) is 0.638. The summed E-state index contributed by atoms with van der Waals surface area (Å²) in [6.45, 7) is -0.0117. The highest BCUT2D eigenvalue weighted by Gasteiger charge is 2.19. The first kappa shape index (κ1) is 12.4. The first-order chi connectivity index (χ1) is 8.45. The Labute approximate surface area is 105 Å². The number of aromatic nitrogens is 2. The molecule has 1 aromatic carbocycles. The third-order valence-electron chi connectivity index (χ3n) is 2.14.